The molecule has 2 aromatic rings. The predicted molar refractivity (Wildman–Crippen MR) is 110 cm³/mol. The van der Waals surface area contributed by atoms with Crippen molar-refractivity contribution >= 4 is 35.2 Å². The number of carbonyl (C=O) groups excluding carboxylic acids is 3. The number of benzene rings is 2. The zero-order chi connectivity index (χ0) is 20.3. The summed E-state index contributed by atoms with van der Waals surface area (Å²) in [6.07, 6.45) is 2.29. The number of amides is 3. The highest BCUT2D eigenvalue weighted by atomic mass is 32.2. The van der Waals surface area contributed by atoms with Crippen LogP contribution in [0.3, 0.4) is 0 Å². The Balaban J connectivity index is 1.91. The number of imide groups is 1. The van der Waals surface area contributed by atoms with Crippen molar-refractivity contribution in [1.82, 2.24) is 4.90 Å². The van der Waals surface area contributed by atoms with Gasteiger partial charge in [0.25, 0.3) is 11.8 Å². The van der Waals surface area contributed by atoms with Crippen molar-refractivity contribution in [2.45, 2.75) is 19.4 Å². The van der Waals surface area contributed by atoms with Crippen LogP contribution in [0, 0.1) is 6.92 Å². The van der Waals surface area contributed by atoms with E-state index in [1.54, 1.807) is 48.2 Å². The van der Waals surface area contributed by atoms with Gasteiger partial charge >= 0.3 is 0 Å². The van der Waals surface area contributed by atoms with Crippen molar-refractivity contribution < 1.29 is 19.1 Å². The average Bonchev–Trinajstić information content (AvgIpc) is 2.94. The van der Waals surface area contributed by atoms with Crippen LogP contribution < -0.4 is 10.1 Å². The molecule has 1 aliphatic heterocycles. The zero-order valence-electron chi connectivity index (χ0n) is 16.0. The molecule has 1 heterocycles. The fraction of sp³-hybridized carbons (Fsp3) is 0.286. The largest absolute Gasteiger partial charge is 0.495 e. The minimum atomic E-state index is -0.898. The van der Waals surface area contributed by atoms with Crippen LogP contribution in [0.5, 0.6) is 5.75 Å². The topological polar surface area (TPSA) is 75.7 Å². The summed E-state index contributed by atoms with van der Waals surface area (Å²) in [7, 11) is 1.52. The van der Waals surface area contributed by atoms with E-state index in [1.807, 2.05) is 19.2 Å². The molecule has 1 atom stereocenters. The van der Waals surface area contributed by atoms with Gasteiger partial charge in [-0.25, -0.2) is 0 Å². The summed E-state index contributed by atoms with van der Waals surface area (Å²) in [4.78, 5) is 39.9. The Morgan fingerprint density at radius 1 is 1.14 bits per heavy atom. The van der Waals surface area contributed by atoms with E-state index in [9.17, 15) is 14.4 Å². The minimum absolute atomic E-state index is 0.336. The number of fused-ring (bicyclic) bond motifs is 1. The molecule has 1 aliphatic rings. The van der Waals surface area contributed by atoms with Gasteiger partial charge in [0, 0.05) is 0 Å². The maximum absolute atomic E-state index is 13.1. The number of ether oxygens (including phenoxy) is 1. The lowest BCUT2D eigenvalue weighted by Crippen LogP contribution is -2.47. The van der Waals surface area contributed by atoms with Crippen LogP contribution >= 0.6 is 11.8 Å². The molecule has 146 valence electrons. The Kier molecular flexibility index (Phi) is 6.04. The van der Waals surface area contributed by atoms with E-state index in [4.69, 9.17) is 4.74 Å². The number of hydrogen-bond donors (Lipinski definition) is 1. The number of nitrogens with one attached hydrogen (secondary N) is 1. The third-order valence-corrected chi connectivity index (χ3v) is 5.29. The van der Waals surface area contributed by atoms with E-state index < -0.39 is 23.8 Å². The quantitative estimate of drug-likeness (QED) is 0.724. The van der Waals surface area contributed by atoms with E-state index >= 15 is 0 Å². The lowest BCUT2D eigenvalue weighted by atomic mass is 10.1. The van der Waals surface area contributed by atoms with Crippen LogP contribution in [0.15, 0.2) is 42.5 Å². The molecule has 0 fully saturated rings. The van der Waals surface area contributed by atoms with Crippen molar-refractivity contribution in [2.24, 2.45) is 0 Å². The summed E-state index contributed by atoms with van der Waals surface area (Å²) in [6.45, 7) is 1.91. The number of aryl methyl sites for hydroxylation is 1. The average molecular weight is 398 g/mol. The Hall–Kier alpha value is -2.80. The van der Waals surface area contributed by atoms with Crippen molar-refractivity contribution in [3.05, 3.63) is 59.2 Å². The number of rotatable bonds is 7. The molecule has 3 amide bonds. The highest BCUT2D eigenvalue weighted by Gasteiger charge is 2.42. The SMILES string of the molecule is COc1ccc(C)cc1NC(=O)C(CCSC)N1C(=O)c2ccccc2C1=O. The molecule has 0 spiro atoms. The van der Waals surface area contributed by atoms with Crippen molar-refractivity contribution in [1.29, 1.82) is 0 Å². The van der Waals surface area contributed by atoms with E-state index in [0.29, 0.717) is 34.7 Å². The molecule has 0 bridgehead atoms. The summed E-state index contributed by atoms with van der Waals surface area (Å²) >= 11 is 1.55. The molecule has 0 aliphatic carbocycles. The molecule has 3 rings (SSSR count). The van der Waals surface area contributed by atoms with Gasteiger partial charge < -0.3 is 10.1 Å². The number of methoxy groups -OCH3 is 1. The molecular formula is C21H22N2O4S. The van der Waals surface area contributed by atoms with Gasteiger partial charge in [0.05, 0.1) is 23.9 Å². The first kappa shape index (κ1) is 19.9. The van der Waals surface area contributed by atoms with E-state index in [-0.39, 0.29) is 0 Å². The molecule has 0 radical (unpaired) electrons. The van der Waals surface area contributed by atoms with E-state index in [1.165, 1.54) is 7.11 Å². The zero-order valence-corrected chi connectivity index (χ0v) is 16.8. The normalized spacial score (nSPS) is 14.0. The highest BCUT2D eigenvalue weighted by Crippen LogP contribution is 2.29. The third kappa shape index (κ3) is 3.75. The molecule has 7 heteroatoms. The predicted octanol–water partition coefficient (Wildman–Crippen LogP) is 3.36. The summed E-state index contributed by atoms with van der Waals surface area (Å²) in [6, 6.07) is 11.2. The summed E-state index contributed by atoms with van der Waals surface area (Å²) in [5, 5.41) is 2.84. The van der Waals surface area contributed by atoms with Crippen LogP contribution in [0.4, 0.5) is 5.69 Å². The van der Waals surface area contributed by atoms with Crippen LogP contribution in [-0.4, -0.2) is 47.8 Å². The highest BCUT2D eigenvalue weighted by molar-refractivity contribution is 7.98. The Morgan fingerprint density at radius 2 is 1.79 bits per heavy atom. The Labute approximate surface area is 168 Å². The molecule has 28 heavy (non-hydrogen) atoms. The first-order chi connectivity index (χ1) is 13.5. The van der Waals surface area contributed by atoms with E-state index in [2.05, 4.69) is 5.32 Å². The Morgan fingerprint density at radius 3 is 2.36 bits per heavy atom. The number of thioether (sulfide) groups is 1. The van der Waals surface area contributed by atoms with Crippen LogP contribution in [0.2, 0.25) is 0 Å². The van der Waals surface area contributed by atoms with Gasteiger partial charge in [0.2, 0.25) is 5.91 Å². The molecule has 0 aromatic heterocycles. The van der Waals surface area contributed by atoms with Gasteiger partial charge in [-0.2, -0.15) is 11.8 Å². The van der Waals surface area contributed by atoms with Crippen LogP contribution in [-0.2, 0) is 4.79 Å². The van der Waals surface area contributed by atoms with Gasteiger partial charge in [-0.1, -0.05) is 18.2 Å². The molecule has 1 N–H and O–H groups in total. The number of anilines is 1. The molecule has 1 unspecified atom stereocenters. The molecule has 6 nitrogen and oxygen atoms in total. The fourth-order valence-electron chi connectivity index (χ4n) is 3.23. The van der Waals surface area contributed by atoms with Gasteiger partial charge in [-0.05, 0) is 55.2 Å². The van der Waals surface area contributed by atoms with E-state index in [0.717, 1.165) is 10.5 Å². The standard InChI is InChI=1S/C21H22N2O4S/c1-13-8-9-18(27-2)16(12-13)22-19(24)17(10-11-28-3)23-20(25)14-6-4-5-7-15(14)21(23)26/h4-9,12,17H,10-11H2,1-3H3,(H,22,24). The first-order valence-corrected chi connectivity index (χ1v) is 10.3. The van der Waals surface area contributed by atoms with Crippen molar-refractivity contribution in [2.75, 3.05) is 24.4 Å². The molecule has 0 saturated carbocycles. The number of carbonyl (C=O) groups is 3. The van der Waals surface area contributed by atoms with Crippen molar-refractivity contribution in [3.63, 3.8) is 0 Å². The van der Waals surface area contributed by atoms with Crippen molar-refractivity contribution in [3.8, 4) is 5.75 Å². The molecular weight excluding hydrogens is 376 g/mol. The maximum Gasteiger partial charge on any atom is 0.262 e. The Bertz CT molecular complexity index is 893. The summed E-state index contributed by atoms with van der Waals surface area (Å²) in [5.74, 6) is -0.121. The number of hydrogen-bond acceptors (Lipinski definition) is 5. The van der Waals surface area contributed by atoms with Gasteiger partial charge in [0.15, 0.2) is 0 Å². The lowest BCUT2D eigenvalue weighted by Gasteiger charge is -2.25. The van der Waals surface area contributed by atoms with Crippen LogP contribution in [0.25, 0.3) is 0 Å². The smallest absolute Gasteiger partial charge is 0.262 e. The maximum atomic E-state index is 13.1. The second kappa shape index (κ2) is 8.48. The van der Waals surface area contributed by atoms with Gasteiger partial charge in [-0.3, -0.25) is 19.3 Å². The molecule has 2 aromatic carbocycles. The van der Waals surface area contributed by atoms with Gasteiger partial charge in [0.1, 0.15) is 11.8 Å². The minimum Gasteiger partial charge on any atom is -0.495 e. The second-order valence-corrected chi connectivity index (χ2v) is 7.50. The second-order valence-electron chi connectivity index (χ2n) is 6.52. The first-order valence-electron chi connectivity index (χ1n) is 8.89. The fourth-order valence-corrected chi connectivity index (χ4v) is 3.69. The summed E-state index contributed by atoms with van der Waals surface area (Å²) in [5.41, 5.74) is 2.14. The lowest BCUT2D eigenvalue weighted by molar-refractivity contribution is -0.120. The van der Waals surface area contributed by atoms with Gasteiger partial charge in [-0.15, -0.1) is 0 Å². The monoisotopic (exact) mass is 398 g/mol. The molecule has 0 saturated heterocycles. The number of nitrogens with zero attached hydrogens (tertiary/aromatic N) is 1. The van der Waals surface area contributed by atoms with Crippen LogP contribution in [0.1, 0.15) is 32.7 Å². The third-order valence-electron chi connectivity index (χ3n) is 4.65. The summed E-state index contributed by atoms with van der Waals surface area (Å²) < 4.78 is 5.31.